The number of anilines is 1. The molecule has 3 rings (SSSR count). The smallest absolute Gasteiger partial charge is 0.230 e. The van der Waals surface area contributed by atoms with Gasteiger partial charge in [-0.2, -0.15) is 0 Å². The van der Waals surface area contributed by atoms with E-state index in [0.717, 1.165) is 31.9 Å². The number of rotatable bonds is 6. The third-order valence-electron chi connectivity index (χ3n) is 4.79. The van der Waals surface area contributed by atoms with Crippen molar-refractivity contribution in [2.45, 2.75) is 13.0 Å². The lowest BCUT2D eigenvalue weighted by atomic mass is 10.2. The summed E-state index contributed by atoms with van der Waals surface area (Å²) in [6.07, 6.45) is 0.561. The van der Waals surface area contributed by atoms with Gasteiger partial charge in [-0.15, -0.1) is 0 Å². The lowest BCUT2D eigenvalue weighted by Crippen LogP contribution is -3.27. The third-order valence-corrected chi connectivity index (χ3v) is 5.05. The molecule has 2 aromatic rings. The van der Waals surface area contributed by atoms with Crippen LogP contribution in [0.25, 0.3) is 0 Å². The van der Waals surface area contributed by atoms with E-state index < -0.39 is 0 Å². The number of carbonyl (C=O) groups is 1. The Kier molecular flexibility index (Phi) is 6.45. The van der Waals surface area contributed by atoms with E-state index in [9.17, 15) is 4.79 Å². The van der Waals surface area contributed by atoms with Gasteiger partial charge in [0.25, 0.3) is 0 Å². The number of halogens is 1. The highest BCUT2D eigenvalue weighted by atomic mass is 35.5. The molecule has 1 aliphatic rings. The Morgan fingerprint density at radius 1 is 0.920 bits per heavy atom. The van der Waals surface area contributed by atoms with Crippen molar-refractivity contribution in [1.82, 2.24) is 0 Å². The Morgan fingerprint density at radius 3 is 2.24 bits per heavy atom. The molecule has 0 radical (unpaired) electrons. The summed E-state index contributed by atoms with van der Waals surface area (Å²) >= 11 is 5.86. The van der Waals surface area contributed by atoms with Crippen molar-refractivity contribution in [3.8, 4) is 0 Å². The monoisotopic (exact) mass is 359 g/mol. The van der Waals surface area contributed by atoms with Crippen LogP contribution in [0.3, 0.4) is 0 Å². The van der Waals surface area contributed by atoms with Gasteiger partial charge >= 0.3 is 0 Å². The molecule has 0 unspecified atom stereocenters. The van der Waals surface area contributed by atoms with Crippen LogP contribution in [-0.4, -0.2) is 38.6 Å². The molecule has 0 aliphatic carbocycles. The Labute approximate surface area is 154 Å². The zero-order valence-electron chi connectivity index (χ0n) is 14.4. The van der Waals surface area contributed by atoms with Crippen molar-refractivity contribution >= 4 is 23.2 Å². The van der Waals surface area contributed by atoms with E-state index in [1.165, 1.54) is 23.6 Å². The maximum Gasteiger partial charge on any atom is 0.230 e. The van der Waals surface area contributed by atoms with Gasteiger partial charge in [-0.1, -0.05) is 41.9 Å². The topological polar surface area (TPSA) is 38.0 Å². The van der Waals surface area contributed by atoms with E-state index in [1.54, 1.807) is 17.0 Å². The Hall–Kier alpha value is -1.88. The minimum atomic E-state index is 0.0777. The Morgan fingerprint density at radius 2 is 1.56 bits per heavy atom. The molecule has 0 atom stereocenters. The zero-order chi connectivity index (χ0) is 17.5. The molecule has 1 saturated heterocycles. The van der Waals surface area contributed by atoms with Crippen molar-refractivity contribution in [2.24, 2.45) is 0 Å². The van der Waals surface area contributed by atoms with Crippen LogP contribution in [0.1, 0.15) is 12.0 Å². The van der Waals surface area contributed by atoms with E-state index >= 15 is 0 Å². The number of benzene rings is 2. The minimum Gasteiger partial charge on any atom is -0.326 e. The van der Waals surface area contributed by atoms with Gasteiger partial charge in [-0.05, 0) is 24.3 Å². The average Bonchev–Trinajstić information content (AvgIpc) is 2.64. The third kappa shape index (κ3) is 5.85. The number of carbonyl (C=O) groups excluding carboxylic acids is 1. The summed E-state index contributed by atoms with van der Waals surface area (Å²) in [5.74, 6) is 0.0777. The normalized spacial score (nSPS) is 20.2. The second kappa shape index (κ2) is 8.99. The van der Waals surface area contributed by atoms with Crippen molar-refractivity contribution in [3.63, 3.8) is 0 Å². The fraction of sp³-hybridized carbons (Fsp3) is 0.350. The minimum absolute atomic E-state index is 0.0777. The largest absolute Gasteiger partial charge is 0.326 e. The van der Waals surface area contributed by atoms with Gasteiger partial charge in [0.2, 0.25) is 5.91 Å². The van der Waals surface area contributed by atoms with Crippen molar-refractivity contribution in [3.05, 3.63) is 65.2 Å². The van der Waals surface area contributed by atoms with E-state index in [4.69, 9.17) is 11.6 Å². The van der Waals surface area contributed by atoms with Crippen LogP contribution < -0.4 is 15.1 Å². The summed E-state index contributed by atoms with van der Waals surface area (Å²) in [7, 11) is 0. The molecule has 2 aromatic carbocycles. The van der Waals surface area contributed by atoms with Crippen molar-refractivity contribution in [1.29, 1.82) is 0 Å². The average molecular weight is 360 g/mol. The van der Waals surface area contributed by atoms with Gasteiger partial charge in [-0.3, -0.25) is 4.79 Å². The van der Waals surface area contributed by atoms with E-state index in [-0.39, 0.29) is 5.91 Å². The predicted molar refractivity (Wildman–Crippen MR) is 101 cm³/mol. The molecule has 0 saturated carbocycles. The van der Waals surface area contributed by atoms with Crippen LogP contribution in [0.5, 0.6) is 0 Å². The van der Waals surface area contributed by atoms with Crippen LogP contribution in [0, 0.1) is 0 Å². The number of amides is 1. The molecule has 1 heterocycles. The van der Waals surface area contributed by atoms with Crippen LogP contribution in [0.15, 0.2) is 54.6 Å². The molecule has 25 heavy (non-hydrogen) atoms. The van der Waals surface area contributed by atoms with Gasteiger partial charge in [-0.25, -0.2) is 0 Å². The van der Waals surface area contributed by atoms with E-state index in [2.05, 4.69) is 35.6 Å². The number of piperazine rings is 1. The maximum atomic E-state index is 12.1. The summed E-state index contributed by atoms with van der Waals surface area (Å²) < 4.78 is 0. The second-order valence-electron chi connectivity index (χ2n) is 6.72. The van der Waals surface area contributed by atoms with Gasteiger partial charge in [0.05, 0.1) is 13.0 Å². The molecular weight excluding hydrogens is 334 g/mol. The fourth-order valence-corrected chi connectivity index (χ4v) is 3.44. The fourth-order valence-electron chi connectivity index (χ4n) is 3.32. The highest BCUT2D eigenvalue weighted by Crippen LogP contribution is 2.13. The summed E-state index contributed by atoms with van der Waals surface area (Å²) in [5.41, 5.74) is 2.21. The molecule has 1 aliphatic heterocycles. The maximum absolute atomic E-state index is 12.1. The first-order chi connectivity index (χ1) is 12.2. The first-order valence-electron chi connectivity index (χ1n) is 8.95. The van der Waals surface area contributed by atoms with Gasteiger partial charge in [0.1, 0.15) is 32.7 Å². The quantitative estimate of drug-likeness (QED) is 0.696. The molecule has 5 heteroatoms. The number of hydrogen-bond donors (Lipinski definition) is 3. The van der Waals surface area contributed by atoms with Crippen molar-refractivity contribution in [2.75, 3.05) is 38.0 Å². The first kappa shape index (κ1) is 17.9. The molecule has 0 aromatic heterocycles. The van der Waals surface area contributed by atoms with Crippen LogP contribution in [0.2, 0.25) is 5.02 Å². The Balaban J connectivity index is 1.36. The molecule has 0 bridgehead atoms. The molecule has 4 nitrogen and oxygen atoms in total. The van der Waals surface area contributed by atoms with Crippen LogP contribution in [-0.2, 0) is 11.3 Å². The molecule has 132 valence electrons. The summed E-state index contributed by atoms with van der Waals surface area (Å²) in [6, 6.07) is 17.9. The lowest BCUT2D eigenvalue weighted by Gasteiger charge is -2.29. The van der Waals surface area contributed by atoms with Crippen LogP contribution >= 0.6 is 11.6 Å². The second-order valence-corrected chi connectivity index (χ2v) is 7.15. The summed E-state index contributed by atoms with van der Waals surface area (Å²) in [4.78, 5) is 15.3. The van der Waals surface area contributed by atoms with Gasteiger partial charge in [0, 0.05) is 16.3 Å². The molecule has 1 fully saturated rings. The number of hydrogen-bond acceptors (Lipinski definition) is 1. The SMILES string of the molecule is O=C(CC[NH+]1CC[NH+](Cc2ccccc2)CC1)Nc1ccc(Cl)cc1. The number of quaternary nitrogens is 2. The molecule has 1 amide bonds. The zero-order valence-corrected chi connectivity index (χ0v) is 15.2. The Bertz CT molecular complexity index is 667. The van der Waals surface area contributed by atoms with Crippen molar-refractivity contribution < 1.29 is 14.6 Å². The lowest BCUT2D eigenvalue weighted by molar-refractivity contribution is -1.02. The molecular formula is C20H26ClN3O+2. The molecule has 3 N–H and O–H groups in total. The standard InChI is InChI=1S/C20H24ClN3O/c21-18-6-8-19(9-7-18)22-20(25)10-11-23-12-14-24(15-13-23)16-17-4-2-1-3-5-17/h1-9H,10-16H2,(H,22,25)/p+2. The van der Waals surface area contributed by atoms with E-state index in [0.29, 0.717) is 11.4 Å². The summed E-state index contributed by atoms with van der Waals surface area (Å²) in [5, 5.41) is 3.61. The predicted octanol–water partition coefficient (Wildman–Crippen LogP) is 0.652. The van der Waals surface area contributed by atoms with Gasteiger partial charge in [0.15, 0.2) is 0 Å². The number of nitrogens with one attached hydrogen (secondary N) is 3. The summed E-state index contributed by atoms with van der Waals surface area (Å²) in [6.45, 7) is 6.61. The van der Waals surface area contributed by atoms with Crippen LogP contribution in [0.4, 0.5) is 5.69 Å². The highest BCUT2D eigenvalue weighted by molar-refractivity contribution is 6.30. The molecule has 0 spiro atoms. The first-order valence-corrected chi connectivity index (χ1v) is 9.33. The highest BCUT2D eigenvalue weighted by Gasteiger charge is 2.23. The van der Waals surface area contributed by atoms with E-state index in [1.807, 2.05) is 12.1 Å². The van der Waals surface area contributed by atoms with Gasteiger partial charge < -0.3 is 15.1 Å².